The summed E-state index contributed by atoms with van der Waals surface area (Å²) in [6, 6.07) is 10.3. The summed E-state index contributed by atoms with van der Waals surface area (Å²) in [5, 5.41) is 0. The van der Waals surface area contributed by atoms with Gasteiger partial charge >= 0.3 is 122 Å². The molecule has 0 amide bonds. The van der Waals surface area contributed by atoms with E-state index in [1.54, 1.807) is 0 Å². The van der Waals surface area contributed by atoms with Crippen molar-refractivity contribution in [3.8, 4) is 0 Å². The molecule has 0 spiro atoms. The van der Waals surface area contributed by atoms with Gasteiger partial charge in [0.15, 0.2) is 0 Å². The van der Waals surface area contributed by atoms with Crippen LogP contribution in [-0.4, -0.2) is 2.71 Å². The Morgan fingerprint density at radius 3 is 2.25 bits per heavy atom. The van der Waals surface area contributed by atoms with Gasteiger partial charge in [-0.2, -0.15) is 0 Å². The molecule has 3 rings (SSSR count). The molecule has 0 N–H and O–H groups in total. The number of fused-ring (bicyclic) bond motifs is 1. The van der Waals surface area contributed by atoms with Crippen LogP contribution in [0.2, 0.25) is 0 Å². The Hall–Kier alpha value is 0.283. The minimum atomic E-state index is -0.383. The van der Waals surface area contributed by atoms with Crippen molar-refractivity contribution in [1.82, 2.24) is 0 Å². The number of hydrogen-bond donors (Lipinski definition) is 0. The topological polar surface area (TPSA) is 3.24 Å². The molecule has 1 aromatic carbocycles. The number of benzene rings is 1. The fourth-order valence-corrected chi connectivity index (χ4v) is 3.62. The van der Waals surface area contributed by atoms with Crippen LogP contribution in [0.25, 0.3) is 0 Å². The van der Waals surface area contributed by atoms with Crippen molar-refractivity contribution in [2.24, 2.45) is 0 Å². The van der Waals surface area contributed by atoms with Crippen molar-refractivity contribution in [2.75, 3.05) is 4.90 Å². The van der Waals surface area contributed by atoms with Gasteiger partial charge in [-0.3, -0.25) is 0 Å². The monoisotopic (exact) mass is 426 g/mol. The van der Waals surface area contributed by atoms with Gasteiger partial charge in [-0.05, 0) is 0 Å². The van der Waals surface area contributed by atoms with E-state index in [0.717, 1.165) is 5.69 Å². The average molecular weight is 429 g/mol. The number of hydrogen-bond acceptors (Lipinski definition) is 1. The molecule has 1 atom stereocenters. The van der Waals surface area contributed by atoms with Crippen LogP contribution in [-0.2, 0) is 24.7 Å². The number of halogens is 4. The van der Waals surface area contributed by atoms with Gasteiger partial charge in [0, 0.05) is 0 Å². The van der Waals surface area contributed by atoms with E-state index in [1.807, 2.05) is 18.2 Å². The Bertz CT molecular complexity index is 564. The summed E-state index contributed by atoms with van der Waals surface area (Å²) in [5.41, 5.74) is 4.91. The standard InChI is InChI=1S/C14H11ClN.3ClH.Zr/c1-10-7-11-9-14(15)16(13(11)8-10)12-5-3-2-4-6-12;;;;/h2-9H,1H3;3*1H;. The zero-order valence-electron chi connectivity index (χ0n) is 10.7. The number of allylic oxidation sites excluding steroid dienone is 3. The second-order valence-electron chi connectivity index (χ2n) is 4.36. The van der Waals surface area contributed by atoms with Crippen molar-refractivity contribution in [2.45, 2.75) is 9.63 Å². The van der Waals surface area contributed by atoms with E-state index in [0.29, 0.717) is 0 Å². The van der Waals surface area contributed by atoms with Crippen LogP contribution in [0.1, 0.15) is 6.92 Å². The van der Waals surface area contributed by atoms with Gasteiger partial charge in [-0.15, -0.1) is 37.2 Å². The van der Waals surface area contributed by atoms with E-state index in [1.165, 1.54) is 41.6 Å². The molecule has 0 saturated carbocycles. The third-order valence-corrected chi connectivity index (χ3v) is 4.15. The zero-order chi connectivity index (χ0) is 12.0. The third kappa shape index (κ3) is 3.54. The molecule has 6 heteroatoms. The van der Waals surface area contributed by atoms with Gasteiger partial charge in [0.1, 0.15) is 0 Å². The maximum Gasteiger partial charge on any atom is -0.147 e. The fourth-order valence-electron chi connectivity index (χ4n) is 2.32. The van der Waals surface area contributed by atoms with E-state index < -0.39 is 0 Å². The van der Waals surface area contributed by atoms with E-state index in [4.69, 9.17) is 11.6 Å². The SMILES string of the molecule is CC1=CC2=C[C](Cl)([Zr])N(c3ccccc3)C2=C1.Cl.Cl.Cl. The summed E-state index contributed by atoms with van der Waals surface area (Å²) in [7, 11) is 0. The maximum atomic E-state index is 6.64. The normalized spacial score (nSPS) is 22.4. The number of para-hydroxylation sites is 1. The molecule has 1 nitrogen and oxygen atoms in total. The predicted octanol–water partition coefficient (Wildman–Crippen LogP) is 4.98. The molecule has 1 aliphatic carbocycles. The van der Waals surface area contributed by atoms with Crippen LogP contribution in [0.4, 0.5) is 5.69 Å². The molecule has 1 unspecified atom stereocenters. The molecule has 0 saturated heterocycles. The Morgan fingerprint density at radius 2 is 1.65 bits per heavy atom. The zero-order valence-corrected chi connectivity index (χ0v) is 16.3. The van der Waals surface area contributed by atoms with Gasteiger partial charge in [0.05, 0.1) is 0 Å². The number of rotatable bonds is 1. The van der Waals surface area contributed by atoms with E-state index in [9.17, 15) is 0 Å². The largest absolute Gasteiger partial charge is 0.147 e. The van der Waals surface area contributed by atoms with Crippen molar-refractivity contribution >= 4 is 54.5 Å². The summed E-state index contributed by atoms with van der Waals surface area (Å²) >= 11 is 7.92. The van der Waals surface area contributed by atoms with Crippen LogP contribution in [0.3, 0.4) is 0 Å². The summed E-state index contributed by atoms with van der Waals surface area (Å²) in [6.45, 7) is 2.12. The van der Waals surface area contributed by atoms with Crippen molar-refractivity contribution in [1.29, 1.82) is 0 Å². The van der Waals surface area contributed by atoms with Crippen LogP contribution < -0.4 is 4.90 Å². The van der Waals surface area contributed by atoms with E-state index in [-0.39, 0.29) is 39.9 Å². The quantitative estimate of drug-likeness (QED) is 0.450. The molecule has 0 fully saturated rings. The van der Waals surface area contributed by atoms with Crippen LogP contribution in [0.15, 0.2) is 65.4 Å². The van der Waals surface area contributed by atoms with Crippen molar-refractivity contribution < 1.29 is 24.7 Å². The molecule has 0 aromatic heterocycles. The summed E-state index contributed by atoms with van der Waals surface area (Å²) in [5.74, 6) is 0. The van der Waals surface area contributed by atoms with Crippen molar-refractivity contribution in [3.63, 3.8) is 0 Å². The molecule has 1 heterocycles. The molecular weight excluding hydrogens is 415 g/mol. The minimum absolute atomic E-state index is 0. The first-order chi connectivity index (χ1) is 8.08. The summed E-state index contributed by atoms with van der Waals surface area (Å²) < 4.78 is -0.383. The van der Waals surface area contributed by atoms with Gasteiger partial charge in [-0.1, -0.05) is 0 Å². The van der Waals surface area contributed by atoms with Gasteiger partial charge < -0.3 is 0 Å². The predicted molar refractivity (Wildman–Crippen MR) is 89.2 cm³/mol. The van der Waals surface area contributed by atoms with Gasteiger partial charge in [0.25, 0.3) is 0 Å². The smallest absolute Gasteiger partial charge is 0.147 e. The molecule has 1 aromatic rings. The number of anilines is 1. The Kier molecular flexibility index (Phi) is 7.62. The first kappa shape index (κ1) is 20.3. The first-order valence-electron chi connectivity index (χ1n) is 5.50. The van der Waals surface area contributed by atoms with E-state index in [2.05, 4.69) is 42.2 Å². The van der Waals surface area contributed by atoms with Crippen LogP contribution >= 0.6 is 48.8 Å². The van der Waals surface area contributed by atoms with Gasteiger partial charge in [-0.25, -0.2) is 0 Å². The van der Waals surface area contributed by atoms with Crippen LogP contribution in [0.5, 0.6) is 0 Å². The maximum absolute atomic E-state index is 6.64. The summed E-state index contributed by atoms with van der Waals surface area (Å²) in [4.78, 5) is 2.22. The molecule has 0 bridgehead atoms. The number of nitrogens with zero attached hydrogens (tertiary/aromatic N) is 1. The van der Waals surface area contributed by atoms with Gasteiger partial charge in [0.2, 0.25) is 0 Å². The van der Waals surface area contributed by atoms with E-state index >= 15 is 0 Å². The van der Waals surface area contributed by atoms with Crippen LogP contribution in [0, 0.1) is 0 Å². The minimum Gasteiger partial charge on any atom is -0.147 e. The molecule has 20 heavy (non-hydrogen) atoms. The Morgan fingerprint density at radius 1 is 1.05 bits per heavy atom. The Labute approximate surface area is 158 Å². The average Bonchev–Trinajstić information content (AvgIpc) is 2.70. The number of alkyl halides is 1. The second-order valence-corrected chi connectivity index (χ2v) is 7.59. The molecule has 2 aliphatic rings. The molecule has 1 aliphatic heterocycles. The molecule has 107 valence electrons. The third-order valence-electron chi connectivity index (χ3n) is 2.97. The summed E-state index contributed by atoms with van der Waals surface area (Å²) in [6.07, 6.45) is 6.55. The first-order valence-corrected chi connectivity index (χ1v) is 7.11. The molecular formula is C14H14Cl4NZr. The fraction of sp³-hybridized carbons (Fsp3) is 0.143. The Balaban J connectivity index is 0.00000120. The second kappa shape index (κ2) is 7.52. The molecule has 0 radical (unpaired) electrons. The van der Waals surface area contributed by atoms with Crippen molar-refractivity contribution in [3.05, 3.63) is 65.4 Å².